The normalized spacial score (nSPS) is 10.2. The van der Waals surface area contributed by atoms with Crippen molar-refractivity contribution in [1.29, 1.82) is 0 Å². The molecule has 0 saturated heterocycles. The van der Waals surface area contributed by atoms with Gasteiger partial charge in [0.25, 0.3) is 11.9 Å². The first-order valence-corrected chi connectivity index (χ1v) is 5.82. The van der Waals surface area contributed by atoms with Gasteiger partial charge in [-0.2, -0.15) is 4.80 Å². The third kappa shape index (κ3) is 3.44. The fourth-order valence-electron chi connectivity index (χ4n) is 1.30. The van der Waals surface area contributed by atoms with E-state index in [0.29, 0.717) is 5.82 Å². The first-order chi connectivity index (χ1) is 9.19. The highest BCUT2D eigenvalue weighted by atomic mass is 16.2. The topological polar surface area (TPSA) is 111 Å². The molecule has 2 aromatic rings. The van der Waals surface area contributed by atoms with Crippen molar-refractivity contribution < 1.29 is 4.79 Å². The lowest BCUT2D eigenvalue weighted by atomic mass is 10.3. The molecule has 19 heavy (non-hydrogen) atoms. The molecule has 0 aliphatic rings. The minimum absolute atomic E-state index is 0.127. The van der Waals surface area contributed by atoms with E-state index in [4.69, 9.17) is 0 Å². The average molecular weight is 262 g/mol. The van der Waals surface area contributed by atoms with Crippen molar-refractivity contribution in [2.24, 2.45) is 7.05 Å². The lowest BCUT2D eigenvalue weighted by Crippen LogP contribution is -2.16. The SMILES string of the molecule is CCCNc1ccc(C(=O)Nc2nnn(C)n2)nn1. The minimum Gasteiger partial charge on any atom is -0.369 e. The molecule has 2 aromatic heterocycles. The van der Waals surface area contributed by atoms with Crippen LogP contribution in [0.2, 0.25) is 0 Å². The van der Waals surface area contributed by atoms with Gasteiger partial charge in [-0.25, -0.2) is 0 Å². The van der Waals surface area contributed by atoms with Crippen LogP contribution < -0.4 is 10.6 Å². The Hall–Kier alpha value is -2.58. The maximum Gasteiger partial charge on any atom is 0.278 e. The molecule has 100 valence electrons. The molecule has 9 heteroatoms. The summed E-state index contributed by atoms with van der Waals surface area (Å²) in [7, 11) is 1.61. The van der Waals surface area contributed by atoms with E-state index in [-0.39, 0.29) is 11.6 Å². The zero-order valence-corrected chi connectivity index (χ0v) is 10.7. The molecule has 0 spiro atoms. The van der Waals surface area contributed by atoms with Crippen molar-refractivity contribution >= 4 is 17.7 Å². The van der Waals surface area contributed by atoms with Crippen LogP contribution in [0.3, 0.4) is 0 Å². The Morgan fingerprint density at radius 1 is 1.32 bits per heavy atom. The van der Waals surface area contributed by atoms with E-state index in [2.05, 4.69) is 43.2 Å². The number of anilines is 2. The highest BCUT2D eigenvalue weighted by Gasteiger charge is 2.11. The molecule has 0 aliphatic heterocycles. The maximum atomic E-state index is 11.8. The summed E-state index contributed by atoms with van der Waals surface area (Å²) in [6.07, 6.45) is 0.988. The molecule has 0 saturated carbocycles. The van der Waals surface area contributed by atoms with E-state index in [1.165, 1.54) is 4.80 Å². The summed E-state index contributed by atoms with van der Waals surface area (Å²) < 4.78 is 0. The highest BCUT2D eigenvalue weighted by molar-refractivity contribution is 6.01. The standard InChI is InChI=1S/C10H14N8O/c1-3-6-11-8-5-4-7(13-14-8)9(19)12-10-15-17-18(2)16-10/h4-5H,3,6H2,1-2H3,(H,11,14)(H,12,16,19). The predicted octanol–water partition coefficient (Wildman–Crippen LogP) is 0.0743. The number of aryl methyl sites for hydroxylation is 1. The smallest absolute Gasteiger partial charge is 0.278 e. The van der Waals surface area contributed by atoms with Gasteiger partial charge in [0.05, 0.1) is 7.05 Å². The van der Waals surface area contributed by atoms with Crippen molar-refractivity contribution in [1.82, 2.24) is 30.4 Å². The number of aromatic nitrogens is 6. The Labute approximate surface area is 109 Å². The van der Waals surface area contributed by atoms with Gasteiger partial charge in [-0.15, -0.1) is 15.3 Å². The zero-order chi connectivity index (χ0) is 13.7. The van der Waals surface area contributed by atoms with Gasteiger partial charge in [0.15, 0.2) is 5.69 Å². The van der Waals surface area contributed by atoms with Crippen molar-refractivity contribution in [2.45, 2.75) is 13.3 Å². The van der Waals surface area contributed by atoms with Gasteiger partial charge in [-0.3, -0.25) is 10.1 Å². The molecule has 0 unspecified atom stereocenters. The molecule has 2 heterocycles. The molecule has 0 radical (unpaired) electrons. The summed E-state index contributed by atoms with van der Waals surface area (Å²) in [5.74, 6) is 0.334. The largest absolute Gasteiger partial charge is 0.369 e. The van der Waals surface area contributed by atoms with Crippen LogP contribution >= 0.6 is 0 Å². The van der Waals surface area contributed by atoms with E-state index >= 15 is 0 Å². The van der Waals surface area contributed by atoms with Gasteiger partial charge in [0.2, 0.25) is 0 Å². The molecule has 0 atom stereocenters. The Morgan fingerprint density at radius 2 is 2.16 bits per heavy atom. The number of hydrogen-bond acceptors (Lipinski definition) is 7. The summed E-state index contributed by atoms with van der Waals surface area (Å²) in [4.78, 5) is 13.0. The van der Waals surface area contributed by atoms with E-state index in [1.54, 1.807) is 19.2 Å². The molecular weight excluding hydrogens is 248 g/mol. The van der Waals surface area contributed by atoms with Gasteiger partial charge in [0, 0.05) is 6.54 Å². The number of rotatable bonds is 5. The van der Waals surface area contributed by atoms with E-state index in [0.717, 1.165) is 13.0 Å². The second-order valence-corrected chi connectivity index (χ2v) is 3.79. The maximum absolute atomic E-state index is 11.8. The van der Waals surface area contributed by atoms with Gasteiger partial charge in [-0.05, 0) is 23.8 Å². The number of tetrazole rings is 1. The molecule has 2 N–H and O–H groups in total. The van der Waals surface area contributed by atoms with E-state index < -0.39 is 5.91 Å². The first-order valence-electron chi connectivity index (χ1n) is 5.82. The predicted molar refractivity (Wildman–Crippen MR) is 67.6 cm³/mol. The quantitative estimate of drug-likeness (QED) is 0.784. The second kappa shape index (κ2) is 5.85. The number of hydrogen-bond donors (Lipinski definition) is 2. The molecule has 0 fully saturated rings. The van der Waals surface area contributed by atoms with Crippen molar-refractivity contribution in [3.05, 3.63) is 17.8 Å². The molecule has 2 rings (SSSR count). The fraction of sp³-hybridized carbons (Fsp3) is 0.400. The Kier molecular flexibility index (Phi) is 3.96. The van der Waals surface area contributed by atoms with Crippen LogP contribution in [-0.2, 0) is 7.05 Å². The van der Waals surface area contributed by atoms with Crippen LogP contribution in [0.25, 0.3) is 0 Å². The Balaban J connectivity index is 1.99. The summed E-state index contributed by atoms with van der Waals surface area (Å²) in [6.45, 7) is 2.86. The number of amides is 1. The molecule has 0 aliphatic carbocycles. The summed E-state index contributed by atoms with van der Waals surface area (Å²) in [5, 5.41) is 24.4. The van der Waals surface area contributed by atoms with Crippen LogP contribution in [0.5, 0.6) is 0 Å². The molecule has 0 aromatic carbocycles. The third-order valence-corrected chi connectivity index (χ3v) is 2.19. The average Bonchev–Trinajstić information content (AvgIpc) is 2.82. The molecule has 1 amide bonds. The monoisotopic (exact) mass is 262 g/mol. The zero-order valence-electron chi connectivity index (χ0n) is 10.7. The van der Waals surface area contributed by atoms with Gasteiger partial charge >= 0.3 is 0 Å². The van der Waals surface area contributed by atoms with Gasteiger partial charge in [-0.1, -0.05) is 12.0 Å². The minimum atomic E-state index is -0.428. The Morgan fingerprint density at radius 3 is 2.74 bits per heavy atom. The number of nitrogens with one attached hydrogen (secondary N) is 2. The number of carbonyl (C=O) groups excluding carboxylic acids is 1. The lowest BCUT2D eigenvalue weighted by Gasteiger charge is -2.03. The Bertz CT molecular complexity index is 549. The summed E-state index contributed by atoms with van der Waals surface area (Å²) in [5.41, 5.74) is 0.189. The fourth-order valence-corrected chi connectivity index (χ4v) is 1.30. The number of nitrogens with zero attached hydrogens (tertiary/aromatic N) is 6. The lowest BCUT2D eigenvalue weighted by molar-refractivity contribution is 0.102. The van der Waals surface area contributed by atoms with E-state index in [1.807, 2.05) is 0 Å². The second-order valence-electron chi connectivity index (χ2n) is 3.79. The van der Waals surface area contributed by atoms with Crippen molar-refractivity contribution in [3.63, 3.8) is 0 Å². The summed E-state index contributed by atoms with van der Waals surface area (Å²) in [6, 6.07) is 3.28. The summed E-state index contributed by atoms with van der Waals surface area (Å²) >= 11 is 0. The van der Waals surface area contributed by atoms with Crippen LogP contribution in [0.15, 0.2) is 12.1 Å². The molecular formula is C10H14N8O. The van der Waals surface area contributed by atoms with Crippen LogP contribution in [0.1, 0.15) is 23.8 Å². The first kappa shape index (κ1) is 12.9. The molecule has 0 bridgehead atoms. The van der Waals surface area contributed by atoms with Crippen molar-refractivity contribution in [3.8, 4) is 0 Å². The molecule has 9 nitrogen and oxygen atoms in total. The van der Waals surface area contributed by atoms with Crippen LogP contribution in [0, 0.1) is 0 Å². The van der Waals surface area contributed by atoms with E-state index in [9.17, 15) is 4.79 Å². The highest BCUT2D eigenvalue weighted by Crippen LogP contribution is 2.04. The number of carbonyl (C=O) groups is 1. The van der Waals surface area contributed by atoms with Crippen molar-refractivity contribution in [2.75, 3.05) is 17.2 Å². The third-order valence-electron chi connectivity index (χ3n) is 2.19. The van der Waals surface area contributed by atoms with Crippen LogP contribution in [0.4, 0.5) is 11.8 Å². The van der Waals surface area contributed by atoms with Crippen LogP contribution in [-0.4, -0.2) is 42.9 Å². The van der Waals surface area contributed by atoms with Gasteiger partial charge in [0.1, 0.15) is 5.82 Å². The van der Waals surface area contributed by atoms with Gasteiger partial charge < -0.3 is 5.32 Å².